The average Bonchev–Trinajstić information content (AvgIpc) is 3.16. The van der Waals surface area contributed by atoms with Gasteiger partial charge in [0, 0.05) is 18.2 Å². The number of rotatable bonds is 4. The summed E-state index contributed by atoms with van der Waals surface area (Å²) in [6.07, 6.45) is -3.74. The first-order chi connectivity index (χ1) is 14.8. The fourth-order valence-corrected chi connectivity index (χ4v) is 3.59. The monoisotopic (exact) mass is 432 g/mol. The number of aromatic nitrogens is 2. The Balaban J connectivity index is 1.70. The summed E-state index contributed by atoms with van der Waals surface area (Å²) >= 11 is 0. The number of hydrogen-bond donors (Lipinski definition) is 3. The summed E-state index contributed by atoms with van der Waals surface area (Å²) in [5, 5.41) is 19.0. The first-order valence-electron chi connectivity index (χ1n) is 9.41. The van der Waals surface area contributed by atoms with Crippen LogP contribution in [0.25, 0.3) is 0 Å². The van der Waals surface area contributed by atoms with Gasteiger partial charge in [0.05, 0.1) is 19.3 Å². The van der Waals surface area contributed by atoms with Gasteiger partial charge in [0.25, 0.3) is 5.91 Å². The molecule has 7 nitrogen and oxygen atoms in total. The lowest BCUT2D eigenvalue weighted by molar-refractivity contribution is -0.173. The predicted molar refractivity (Wildman–Crippen MR) is 107 cm³/mol. The molecule has 2 heterocycles. The quantitative estimate of drug-likeness (QED) is 0.565. The number of nitrogens with one attached hydrogen (secondary N) is 2. The number of amides is 1. The van der Waals surface area contributed by atoms with Crippen molar-refractivity contribution in [2.24, 2.45) is 0 Å². The van der Waals surface area contributed by atoms with Crippen molar-refractivity contribution in [3.8, 4) is 11.5 Å². The van der Waals surface area contributed by atoms with E-state index in [9.17, 15) is 23.1 Å². The van der Waals surface area contributed by atoms with E-state index in [0.717, 1.165) is 10.9 Å². The fraction of sp³-hybridized carbons (Fsp3) is 0.238. The Morgan fingerprint density at radius 3 is 2.74 bits per heavy atom. The van der Waals surface area contributed by atoms with Gasteiger partial charge in [0.1, 0.15) is 22.9 Å². The number of alkyl halides is 3. The van der Waals surface area contributed by atoms with Crippen LogP contribution in [0.2, 0.25) is 0 Å². The molecule has 1 aliphatic heterocycles. The summed E-state index contributed by atoms with van der Waals surface area (Å²) in [4.78, 5) is 12.8. The highest BCUT2D eigenvalue weighted by molar-refractivity contribution is 6.07. The number of fused-ring (bicyclic) bond motifs is 1. The number of benzene rings is 2. The van der Waals surface area contributed by atoms with E-state index >= 15 is 0 Å². The third-order valence-corrected chi connectivity index (χ3v) is 5.08. The van der Waals surface area contributed by atoms with Crippen LogP contribution in [-0.2, 0) is 0 Å². The fourth-order valence-electron chi connectivity index (χ4n) is 3.59. The number of anilines is 2. The summed E-state index contributed by atoms with van der Waals surface area (Å²) < 4.78 is 47.4. The molecule has 0 saturated carbocycles. The lowest BCUT2D eigenvalue weighted by Crippen LogP contribution is -2.36. The zero-order valence-corrected chi connectivity index (χ0v) is 16.3. The number of ether oxygens (including phenoxy) is 1. The second-order valence-electron chi connectivity index (χ2n) is 7.12. The largest absolute Gasteiger partial charge is 0.508 e. The molecule has 0 radical (unpaired) electrons. The molecule has 10 heteroatoms. The molecule has 0 unspecified atom stereocenters. The molecule has 3 N–H and O–H groups in total. The van der Waals surface area contributed by atoms with Gasteiger partial charge in [-0.15, -0.1) is 0 Å². The van der Waals surface area contributed by atoms with Crippen LogP contribution in [0.1, 0.15) is 34.4 Å². The minimum absolute atomic E-state index is 0.0287. The molecular weight excluding hydrogens is 413 g/mol. The maximum atomic E-state index is 13.8. The van der Waals surface area contributed by atoms with Gasteiger partial charge in [-0.05, 0) is 29.8 Å². The molecule has 1 aromatic heterocycles. The van der Waals surface area contributed by atoms with Crippen LogP contribution >= 0.6 is 0 Å². The van der Waals surface area contributed by atoms with E-state index in [1.54, 1.807) is 30.3 Å². The number of nitrogens with zero attached hydrogens (tertiary/aromatic N) is 2. The minimum atomic E-state index is -4.56. The van der Waals surface area contributed by atoms with Crippen LogP contribution in [0.4, 0.5) is 24.7 Å². The first kappa shape index (κ1) is 20.6. The second kappa shape index (κ2) is 7.86. The molecular formula is C21H19F3N4O3. The van der Waals surface area contributed by atoms with Crippen LogP contribution in [0.3, 0.4) is 0 Å². The van der Waals surface area contributed by atoms with E-state index in [2.05, 4.69) is 15.7 Å². The highest BCUT2D eigenvalue weighted by Gasteiger charge is 2.47. The first-order valence-corrected chi connectivity index (χ1v) is 9.41. The van der Waals surface area contributed by atoms with Gasteiger partial charge in [-0.3, -0.25) is 4.79 Å². The van der Waals surface area contributed by atoms with E-state index in [4.69, 9.17) is 4.74 Å². The van der Waals surface area contributed by atoms with Crippen LogP contribution in [0, 0.1) is 0 Å². The predicted octanol–water partition coefficient (Wildman–Crippen LogP) is 4.51. The summed E-state index contributed by atoms with van der Waals surface area (Å²) in [7, 11) is 1.48. The lowest BCUT2D eigenvalue weighted by Gasteiger charge is -2.34. The Hall–Kier alpha value is -3.69. The summed E-state index contributed by atoms with van der Waals surface area (Å²) in [6.45, 7) is 0. The number of halogens is 3. The molecule has 0 saturated heterocycles. The lowest BCUT2D eigenvalue weighted by atomic mass is 9.96. The Morgan fingerprint density at radius 1 is 1.26 bits per heavy atom. The number of phenols is 1. The molecule has 0 bridgehead atoms. The van der Waals surface area contributed by atoms with Crippen LogP contribution in [-0.4, -0.2) is 34.1 Å². The Labute approximate surface area is 175 Å². The summed E-state index contributed by atoms with van der Waals surface area (Å²) in [6, 6.07) is 10.0. The van der Waals surface area contributed by atoms with E-state index in [0.29, 0.717) is 17.0 Å². The van der Waals surface area contributed by atoms with Gasteiger partial charge in [-0.25, -0.2) is 4.68 Å². The minimum Gasteiger partial charge on any atom is -0.508 e. The third-order valence-electron chi connectivity index (χ3n) is 5.08. The maximum Gasteiger partial charge on any atom is 0.410 e. The van der Waals surface area contributed by atoms with Gasteiger partial charge in [0.15, 0.2) is 6.04 Å². The number of aromatic hydroxyl groups is 1. The van der Waals surface area contributed by atoms with Crippen molar-refractivity contribution in [2.75, 3.05) is 17.7 Å². The highest BCUT2D eigenvalue weighted by Crippen LogP contribution is 2.44. The molecule has 31 heavy (non-hydrogen) atoms. The second-order valence-corrected chi connectivity index (χ2v) is 7.12. The SMILES string of the molecule is COc1cccc([C@H]2C[C@@H](C(F)(F)F)n3ncc(C(=O)Nc4cccc(O)c4)c3N2)c1. The zero-order chi connectivity index (χ0) is 22.2. The molecule has 1 amide bonds. The van der Waals surface area contributed by atoms with Crippen molar-refractivity contribution in [1.29, 1.82) is 0 Å². The highest BCUT2D eigenvalue weighted by atomic mass is 19.4. The smallest absolute Gasteiger partial charge is 0.410 e. The third kappa shape index (κ3) is 4.14. The number of hydrogen-bond acceptors (Lipinski definition) is 5. The van der Waals surface area contributed by atoms with E-state index < -0.39 is 24.2 Å². The van der Waals surface area contributed by atoms with E-state index in [1.807, 2.05) is 0 Å². The molecule has 162 valence electrons. The Kier molecular flexibility index (Phi) is 5.22. The average molecular weight is 432 g/mol. The van der Waals surface area contributed by atoms with Crippen LogP contribution in [0.5, 0.6) is 11.5 Å². The molecule has 0 aliphatic carbocycles. The van der Waals surface area contributed by atoms with Crippen molar-refractivity contribution < 1.29 is 27.8 Å². The van der Waals surface area contributed by atoms with Crippen LogP contribution < -0.4 is 15.4 Å². The molecule has 4 rings (SSSR count). The van der Waals surface area contributed by atoms with E-state index in [-0.39, 0.29) is 23.6 Å². The molecule has 1 aliphatic rings. The van der Waals surface area contributed by atoms with Gasteiger partial charge < -0.3 is 20.5 Å². The maximum absolute atomic E-state index is 13.8. The van der Waals surface area contributed by atoms with E-state index in [1.165, 1.54) is 25.3 Å². The number of methoxy groups -OCH3 is 1. The molecule has 2 atom stereocenters. The summed E-state index contributed by atoms with van der Waals surface area (Å²) in [5.41, 5.74) is 0.864. The zero-order valence-electron chi connectivity index (χ0n) is 16.3. The van der Waals surface area contributed by atoms with Gasteiger partial charge in [0.2, 0.25) is 0 Å². The van der Waals surface area contributed by atoms with Crippen molar-refractivity contribution in [1.82, 2.24) is 9.78 Å². The normalized spacial score (nSPS) is 18.1. The van der Waals surface area contributed by atoms with Crippen molar-refractivity contribution >= 4 is 17.4 Å². The Bertz CT molecular complexity index is 1110. The summed E-state index contributed by atoms with van der Waals surface area (Å²) in [5.74, 6) is -0.211. The number of carbonyl (C=O) groups excluding carboxylic acids is 1. The number of carbonyl (C=O) groups is 1. The van der Waals surface area contributed by atoms with Gasteiger partial charge in [-0.2, -0.15) is 18.3 Å². The molecule has 3 aromatic rings. The Morgan fingerprint density at radius 2 is 2.03 bits per heavy atom. The van der Waals surface area contributed by atoms with Crippen LogP contribution in [0.15, 0.2) is 54.7 Å². The molecule has 0 fully saturated rings. The van der Waals surface area contributed by atoms with Crippen molar-refractivity contribution in [2.45, 2.75) is 24.7 Å². The van der Waals surface area contributed by atoms with Crippen molar-refractivity contribution in [3.63, 3.8) is 0 Å². The molecule has 2 aromatic carbocycles. The van der Waals surface area contributed by atoms with Gasteiger partial charge >= 0.3 is 6.18 Å². The standard InChI is InChI=1S/C21H19F3N4O3/c1-31-15-7-2-4-12(8-15)17-10-18(21(22,23)24)28-19(27-17)16(11-25-28)20(30)26-13-5-3-6-14(29)9-13/h2-9,11,17-18,27,29H,10H2,1H3,(H,26,30)/t17-,18+/m1/s1. The molecule has 0 spiro atoms. The topological polar surface area (TPSA) is 88.4 Å². The number of phenolic OH excluding ortho intramolecular Hbond substituents is 1. The van der Waals surface area contributed by atoms with Crippen molar-refractivity contribution in [3.05, 3.63) is 65.9 Å². The van der Waals surface area contributed by atoms with Gasteiger partial charge in [-0.1, -0.05) is 18.2 Å².